The van der Waals surface area contributed by atoms with Crippen molar-refractivity contribution in [1.82, 2.24) is 0 Å². The molecule has 0 aliphatic carbocycles. The molecule has 0 radical (unpaired) electrons. The molecule has 2 nitrogen and oxygen atoms in total. The lowest BCUT2D eigenvalue weighted by Crippen LogP contribution is -2.11. The zero-order valence-electron chi connectivity index (χ0n) is 10.1. The monoisotopic (exact) mass is 207 g/mol. The average molecular weight is 207 g/mol. The fraction of sp³-hybridized carbons (Fsp3) is 0.538. The first-order chi connectivity index (χ1) is 7.02. The minimum Gasteiger partial charge on any atom is -0.493 e. The van der Waals surface area contributed by atoms with E-state index in [9.17, 15) is 0 Å². The van der Waals surface area contributed by atoms with Crippen LogP contribution in [0.15, 0.2) is 18.2 Å². The predicted octanol–water partition coefficient (Wildman–Crippen LogP) is 3.05. The summed E-state index contributed by atoms with van der Waals surface area (Å²) in [6.45, 7) is 9.07. The predicted molar refractivity (Wildman–Crippen MR) is 64.1 cm³/mol. The van der Waals surface area contributed by atoms with Crippen LogP contribution < -0.4 is 10.5 Å². The molecular formula is C13H21NO. The molecule has 0 aliphatic heterocycles. The minimum atomic E-state index is 0.0204. The van der Waals surface area contributed by atoms with Gasteiger partial charge in [0.1, 0.15) is 5.75 Å². The maximum Gasteiger partial charge on any atom is 0.126 e. The van der Waals surface area contributed by atoms with Crippen LogP contribution in [0, 0.1) is 12.8 Å². The van der Waals surface area contributed by atoms with E-state index in [4.69, 9.17) is 10.5 Å². The molecule has 0 aliphatic rings. The van der Waals surface area contributed by atoms with Crippen molar-refractivity contribution in [3.63, 3.8) is 0 Å². The van der Waals surface area contributed by atoms with E-state index in [1.54, 1.807) is 0 Å². The summed E-state index contributed by atoms with van der Waals surface area (Å²) in [6.07, 6.45) is 0. The summed E-state index contributed by atoms with van der Waals surface area (Å²) in [5.74, 6) is 1.49. The topological polar surface area (TPSA) is 35.2 Å². The van der Waals surface area contributed by atoms with Crippen LogP contribution in [0.25, 0.3) is 0 Å². The number of nitrogens with two attached hydrogens (primary N) is 1. The summed E-state index contributed by atoms with van der Waals surface area (Å²) < 4.78 is 5.81. The molecule has 0 amide bonds. The van der Waals surface area contributed by atoms with Gasteiger partial charge in [-0.2, -0.15) is 0 Å². The molecular weight excluding hydrogens is 186 g/mol. The Morgan fingerprint density at radius 2 is 1.93 bits per heavy atom. The Hall–Kier alpha value is -1.02. The highest BCUT2D eigenvalue weighted by Crippen LogP contribution is 2.27. The zero-order valence-corrected chi connectivity index (χ0v) is 10.1. The van der Waals surface area contributed by atoms with Gasteiger partial charge in [-0.05, 0) is 25.3 Å². The second kappa shape index (κ2) is 5.17. The molecule has 15 heavy (non-hydrogen) atoms. The molecule has 0 bridgehead atoms. The van der Waals surface area contributed by atoms with Gasteiger partial charge in [0, 0.05) is 11.6 Å². The molecule has 0 saturated heterocycles. The van der Waals surface area contributed by atoms with E-state index in [-0.39, 0.29) is 6.04 Å². The molecule has 0 saturated carbocycles. The van der Waals surface area contributed by atoms with Crippen molar-refractivity contribution >= 4 is 0 Å². The van der Waals surface area contributed by atoms with Gasteiger partial charge in [-0.3, -0.25) is 0 Å². The lowest BCUT2D eigenvalue weighted by Gasteiger charge is -2.17. The number of hydrogen-bond acceptors (Lipinski definition) is 2. The van der Waals surface area contributed by atoms with E-state index in [1.807, 2.05) is 19.1 Å². The lowest BCUT2D eigenvalue weighted by atomic mass is 10.0. The molecule has 0 fully saturated rings. The number of ether oxygens (including phenoxy) is 1. The Kier molecular flexibility index (Phi) is 4.15. The summed E-state index contributed by atoms with van der Waals surface area (Å²) in [5, 5.41) is 0. The van der Waals surface area contributed by atoms with E-state index >= 15 is 0 Å². The minimum absolute atomic E-state index is 0.0204. The quantitative estimate of drug-likeness (QED) is 0.823. The molecule has 84 valence electrons. The fourth-order valence-corrected chi connectivity index (χ4v) is 1.48. The molecule has 1 aromatic carbocycles. The van der Waals surface area contributed by atoms with Crippen LogP contribution in [0.4, 0.5) is 0 Å². The van der Waals surface area contributed by atoms with Gasteiger partial charge in [0.05, 0.1) is 6.61 Å². The van der Waals surface area contributed by atoms with Crippen LogP contribution >= 0.6 is 0 Å². The number of benzene rings is 1. The van der Waals surface area contributed by atoms with Crippen LogP contribution in [0.2, 0.25) is 0 Å². The van der Waals surface area contributed by atoms with Crippen molar-refractivity contribution < 1.29 is 4.74 Å². The molecule has 1 aromatic rings. The van der Waals surface area contributed by atoms with Crippen molar-refractivity contribution in [3.05, 3.63) is 29.3 Å². The summed E-state index contributed by atoms with van der Waals surface area (Å²) in [5.41, 5.74) is 8.16. The SMILES string of the molecule is Cc1cccc(C(C)N)c1OCC(C)C. The van der Waals surface area contributed by atoms with Crippen LogP contribution in [0.1, 0.15) is 37.9 Å². The maximum atomic E-state index is 5.91. The molecule has 1 rings (SSSR count). The highest BCUT2D eigenvalue weighted by molar-refractivity contribution is 5.42. The van der Waals surface area contributed by atoms with Crippen molar-refractivity contribution in [3.8, 4) is 5.75 Å². The number of rotatable bonds is 4. The number of para-hydroxylation sites is 1. The largest absolute Gasteiger partial charge is 0.493 e. The van der Waals surface area contributed by atoms with E-state index in [0.717, 1.165) is 23.5 Å². The van der Waals surface area contributed by atoms with Gasteiger partial charge >= 0.3 is 0 Å². The standard InChI is InChI=1S/C13H21NO/c1-9(2)8-15-13-10(3)6-5-7-12(13)11(4)14/h5-7,9,11H,8,14H2,1-4H3. The third-order valence-electron chi connectivity index (χ3n) is 2.29. The van der Waals surface area contributed by atoms with E-state index < -0.39 is 0 Å². The summed E-state index contributed by atoms with van der Waals surface area (Å²) in [7, 11) is 0. The Bertz CT molecular complexity index is 318. The number of aryl methyl sites for hydroxylation is 1. The number of hydrogen-bond donors (Lipinski definition) is 1. The van der Waals surface area contributed by atoms with Crippen LogP contribution in [-0.2, 0) is 0 Å². The summed E-state index contributed by atoms with van der Waals surface area (Å²) in [4.78, 5) is 0. The van der Waals surface area contributed by atoms with Crippen molar-refractivity contribution in [1.29, 1.82) is 0 Å². The molecule has 0 spiro atoms. The zero-order chi connectivity index (χ0) is 11.4. The lowest BCUT2D eigenvalue weighted by molar-refractivity contribution is 0.266. The van der Waals surface area contributed by atoms with Gasteiger partial charge in [-0.25, -0.2) is 0 Å². The Labute approximate surface area is 92.4 Å². The molecule has 2 heteroatoms. The van der Waals surface area contributed by atoms with Gasteiger partial charge in [-0.15, -0.1) is 0 Å². The molecule has 1 unspecified atom stereocenters. The van der Waals surface area contributed by atoms with E-state index in [1.165, 1.54) is 0 Å². The van der Waals surface area contributed by atoms with Gasteiger partial charge in [-0.1, -0.05) is 32.0 Å². The van der Waals surface area contributed by atoms with E-state index in [2.05, 4.69) is 26.8 Å². The highest BCUT2D eigenvalue weighted by Gasteiger charge is 2.10. The first-order valence-electron chi connectivity index (χ1n) is 5.50. The molecule has 2 N–H and O–H groups in total. The van der Waals surface area contributed by atoms with Crippen molar-refractivity contribution in [2.75, 3.05) is 6.61 Å². The van der Waals surface area contributed by atoms with Crippen LogP contribution in [-0.4, -0.2) is 6.61 Å². The van der Waals surface area contributed by atoms with Gasteiger partial charge in [0.2, 0.25) is 0 Å². The fourth-order valence-electron chi connectivity index (χ4n) is 1.48. The van der Waals surface area contributed by atoms with E-state index in [0.29, 0.717) is 5.92 Å². The molecule has 0 aromatic heterocycles. The summed E-state index contributed by atoms with van der Waals surface area (Å²) in [6, 6.07) is 6.14. The average Bonchev–Trinajstić information content (AvgIpc) is 2.15. The smallest absolute Gasteiger partial charge is 0.126 e. The second-order valence-electron chi connectivity index (χ2n) is 4.49. The van der Waals surface area contributed by atoms with Gasteiger partial charge in [0.15, 0.2) is 0 Å². The van der Waals surface area contributed by atoms with Crippen LogP contribution in [0.3, 0.4) is 0 Å². The van der Waals surface area contributed by atoms with Crippen molar-refractivity contribution in [2.24, 2.45) is 11.7 Å². The third-order valence-corrected chi connectivity index (χ3v) is 2.29. The van der Waals surface area contributed by atoms with Crippen molar-refractivity contribution in [2.45, 2.75) is 33.7 Å². The Morgan fingerprint density at radius 1 is 1.27 bits per heavy atom. The Morgan fingerprint density at radius 3 is 2.47 bits per heavy atom. The van der Waals surface area contributed by atoms with Crippen LogP contribution in [0.5, 0.6) is 5.75 Å². The first-order valence-corrected chi connectivity index (χ1v) is 5.50. The maximum absolute atomic E-state index is 5.91. The normalized spacial score (nSPS) is 12.9. The Balaban J connectivity index is 2.92. The highest BCUT2D eigenvalue weighted by atomic mass is 16.5. The van der Waals surface area contributed by atoms with Gasteiger partial charge < -0.3 is 10.5 Å². The second-order valence-corrected chi connectivity index (χ2v) is 4.49. The first kappa shape index (κ1) is 12.1. The molecule has 0 heterocycles. The van der Waals surface area contributed by atoms with Gasteiger partial charge in [0.25, 0.3) is 0 Å². The third kappa shape index (κ3) is 3.24. The summed E-state index contributed by atoms with van der Waals surface area (Å²) >= 11 is 0. The molecule has 1 atom stereocenters.